The summed E-state index contributed by atoms with van der Waals surface area (Å²) < 4.78 is 11.7. The zero-order chi connectivity index (χ0) is 27.1. The van der Waals surface area contributed by atoms with E-state index in [1.54, 1.807) is 31.6 Å². The summed E-state index contributed by atoms with van der Waals surface area (Å²) in [5.74, 6) is 1.08. The highest BCUT2D eigenvalue weighted by molar-refractivity contribution is 6.02. The van der Waals surface area contributed by atoms with Gasteiger partial charge in [-0.15, -0.1) is 0 Å². The molecule has 1 aromatic carbocycles. The lowest BCUT2D eigenvalue weighted by atomic mass is 10.1. The van der Waals surface area contributed by atoms with Crippen LogP contribution in [-0.2, 0) is 4.79 Å². The molecule has 3 heterocycles. The average Bonchev–Trinajstić information content (AvgIpc) is 2.90. The SMILES string of the molecule is C=CC(=O)Nc1cc(Nc2nccc(OC3CN(c4cccnc4)C3)n2)c(OC)cc1N(C)CCN(C)C. The number of anilines is 5. The predicted octanol–water partition coefficient (Wildman–Crippen LogP) is 3.01. The summed E-state index contributed by atoms with van der Waals surface area (Å²) in [4.78, 5) is 31.6. The number of benzene rings is 1. The Morgan fingerprint density at radius 1 is 1.18 bits per heavy atom. The molecule has 2 aromatic heterocycles. The van der Waals surface area contributed by atoms with Crippen LogP contribution in [0.5, 0.6) is 11.6 Å². The summed E-state index contributed by atoms with van der Waals surface area (Å²) in [5.41, 5.74) is 3.09. The number of aromatic nitrogens is 3. The van der Waals surface area contributed by atoms with Gasteiger partial charge in [0.2, 0.25) is 17.7 Å². The highest BCUT2D eigenvalue weighted by Gasteiger charge is 2.29. The second-order valence-electron chi connectivity index (χ2n) is 9.19. The van der Waals surface area contributed by atoms with Crippen LogP contribution in [0.15, 0.2) is 61.6 Å². The molecule has 0 aliphatic carbocycles. The third kappa shape index (κ3) is 6.68. The standard InChI is InChI=1S/C27H34N8O3/c1-6-25(36)30-21-14-22(24(37-5)15-23(21)34(4)13-12-33(2)3)31-27-29-11-9-26(32-27)38-20-17-35(18-20)19-8-7-10-28-16-19/h6-11,14-16,20H,1,12-13,17-18H2,2-5H3,(H,30,36)(H,29,31,32). The van der Waals surface area contributed by atoms with Gasteiger partial charge in [-0.25, -0.2) is 4.98 Å². The molecule has 3 aromatic rings. The van der Waals surface area contributed by atoms with E-state index in [4.69, 9.17) is 9.47 Å². The molecule has 1 aliphatic heterocycles. The highest BCUT2D eigenvalue weighted by Crippen LogP contribution is 2.38. The number of rotatable bonds is 12. The van der Waals surface area contributed by atoms with E-state index < -0.39 is 0 Å². The molecule has 1 aliphatic rings. The zero-order valence-corrected chi connectivity index (χ0v) is 22.2. The molecule has 38 heavy (non-hydrogen) atoms. The van der Waals surface area contributed by atoms with Gasteiger partial charge in [-0.05, 0) is 38.4 Å². The smallest absolute Gasteiger partial charge is 0.247 e. The Balaban J connectivity index is 1.50. The monoisotopic (exact) mass is 518 g/mol. The van der Waals surface area contributed by atoms with Gasteiger partial charge < -0.3 is 34.8 Å². The number of carbonyl (C=O) groups excluding carboxylic acids is 1. The summed E-state index contributed by atoms with van der Waals surface area (Å²) >= 11 is 0. The van der Waals surface area contributed by atoms with Gasteiger partial charge in [0.1, 0.15) is 11.9 Å². The van der Waals surface area contributed by atoms with Gasteiger partial charge in [0, 0.05) is 44.7 Å². The number of methoxy groups -OCH3 is 1. The summed E-state index contributed by atoms with van der Waals surface area (Å²) in [6.07, 6.45) is 6.49. The molecule has 2 N–H and O–H groups in total. The Morgan fingerprint density at radius 3 is 2.68 bits per heavy atom. The first-order valence-corrected chi connectivity index (χ1v) is 12.3. The van der Waals surface area contributed by atoms with Gasteiger partial charge in [-0.3, -0.25) is 9.78 Å². The van der Waals surface area contributed by atoms with Crippen molar-refractivity contribution >= 4 is 34.6 Å². The fraction of sp³-hybridized carbons (Fsp3) is 0.333. The third-order valence-corrected chi connectivity index (χ3v) is 6.08. The Morgan fingerprint density at radius 2 is 2.00 bits per heavy atom. The van der Waals surface area contributed by atoms with Crippen LogP contribution >= 0.6 is 0 Å². The molecule has 0 bridgehead atoms. The van der Waals surface area contributed by atoms with E-state index in [1.165, 1.54) is 6.08 Å². The molecule has 0 unspecified atom stereocenters. The van der Waals surface area contributed by atoms with E-state index in [-0.39, 0.29) is 12.0 Å². The van der Waals surface area contributed by atoms with Crippen molar-refractivity contribution in [1.29, 1.82) is 0 Å². The second-order valence-corrected chi connectivity index (χ2v) is 9.19. The largest absolute Gasteiger partial charge is 0.494 e. The summed E-state index contributed by atoms with van der Waals surface area (Å²) in [7, 11) is 7.59. The quantitative estimate of drug-likeness (QED) is 0.347. The first-order chi connectivity index (χ1) is 18.4. The Bertz CT molecular complexity index is 1250. The number of pyridine rings is 1. The van der Waals surface area contributed by atoms with Crippen LogP contribution in [0.4, 0.5) is 28.7 Å². The lowest BCUT2D eigenvalue weighted by molar-refractivity contribution is -0.111. The predicted molar refractivity (Wildman–Crippen MR) is 150 cm³/mol. The minimum atomic E-state index is -0.309. The molecular formula is C27H34N8O3. The lowest BCUT2D eigenvalue weighted by Crippen LogP contribution is -2.54. The van der Waals surface area contributed by atoms with Crippen molar-refractivity contribution in [3.8, 4) is 11.6 Å². The van der Waals surface area contributed by atoms with Crippen LogP contribution in [0.2, 0.25) is 0 Å². The van der Waals surface area contributed by atoms with Crippen LogP contribution in [-0.4, -0.2) is 86.3 Å². The van der Waals surface area contributed by atoms with Crippen molar-refractivity contribution in [2.24, 2.45) is 0 Å². The zero-order valence-electron chi connectivity index (χ0n) is 22.2. The number of amides is 1. The van der Waals surface area contributed by atoms with Gasteiger partial charge >= 0.3 is 0 Å². The van der Waals surface area contributed by atoms with Crippen LogP contribution in [0, 0.1) is 0 Å². The molecule has 0 saturated carbocycles. The van der Waals surface area contributed by atoms with Gasteiger partial charge in [0.25, 0.3) is 0 Å². The minimum absolute atomic E-state index is 0.0187. The molecule has 1 amide bonds. The number of likely N-dealkylation sites (N-methyl/N-ethyl adjacent to an activating group) is 2. The summed E-state index contributed by atoms with van der Waals surface area (Å²) in [5, 5.41) is 6.10. The molecule has 0 spiro atoms. The molecule has 1 fully saturated rings. The van der Waals surface area contributed by atoms with E-state index in [1.807, 2.05) is 45.5 Å². The lowest BCUT2D eigenvalue weighted by Gasteiger charge is -2.40. The summed E-state index contributed by atoms with van der Waals surface area (Å²) in [6, 6.07) is 9.35. The minimum Gasteiger partial charge on any atom is -0.494 e. The molecule has 1 saturated heterocycles. The van der Waals surface area contributed by atoms with Crippen molar-refractivity contribution < 1.29 is 14.3 Å². The van der Waals surface area contributed by atoms with E-state index in [9.17, 15) is 4.79 Å². The second kappa shape index (κ2) is 12.2. The maximum absolute atomic E-state index is 12.2. The van der Waals surface area contributed by atoms with E-state index in [0.717, 1.165) is 37.6 Å². The average molecular weight is 519 g/mol. The Hall–Kier alpha value is -4.38. The molecular weight excluding hydrogens is 484 g/mol. The van der Waals surface area contributed by atoms with Crippen molar-refractivity contribution in [3.63, 3.8) is 0 Å². The maximum Gasteiger partial charge on any atom is 0.247 e. The molecule has 11 nitrogen and oxygen atoms in total. The van der Waals surface area contributed by atoms with Crippen LogP contribution < -0.4 is 29.9 Å². The number of nitrogens with one attached hydrogen (secondary N) is 2. The van der Waals surface area contributed by atoms with Crippen molar-refractivity contribution in [2.45, 2.75) is 6.10 Å². The third-order valence-electron chi connectivity index (χ3n) is 6.08. The first-order valence-electron chi connectivity index (χ1n) is 12.3. The molecule has 200 valence electrons. The van der Waals surface area contributed by atoms with Gasteiger partial charge in [0.05, 0.1) is 49.1 Å². The number of carbonyl (C=O) groups is 1. The van der Waals surface area contributed by atoms with E-state index >= 15 is 0 Å². The van der Waals surface area contributed by atoms with E-state index in [2.05, 4.69) is 46.9 Å². The van der Waals surface area contributed by atoms with Gasteiger partial charge in [-0.2, -0.15) is 4.98 Å². The molecule has 11 heteroatoms. The van der Waals surface area contributed by atoms with Crippen molar-refractivity contribution in [1.82, 2.24) is 19.9 Å². The van der Waals surface area contributed by atoms with Crippen LogP contribution in [0.25, 0.3) is 0 Å². The number of nitrogens with zero attached hydrogens (tertiary/aromatic N) is 6. The van der Waals surface area contributed by atoms with E-state index in [0.29, 0.717) is 29.0 Å². The number of ether oxygens (including phenoxy) is 2. The van der Waals surface area contributed by atoms with Crippen LogP contribution in [0.3, 0.4) is 0 Å². The van der Waals surface area contributed by atoms with Crippen LogP contribution in [0.1, 0.15) is 0 Å². The first kappa shape index (κ1) is 26.7. The highest BCUT2D eigenvalue weighted by atomic mass is 16.5. The molecule has 4 rings (SSSR count). The Kier molecular flexibility index (Phi) is 8.59. The number of hydrogen-bond acceptors (Lipinski definition) is 10. The topological polar surface area (TPSA) is 108 Å². The fourth-order valence-corrected chi connectivity index (χ4v) is 3.93. The van der Waals surface area contributed by atoms with Crippen molar-refractivity contribution in [2.75, 3.05) is 74.9 Å². The summed E-state index contributed by atoms with van der Waals surface area (Å²) in [6.45, 7) is 6.67. The normalized spacial score (nSPS) is 13.0. The maximum atomic E-state index is 12.2. The van der Waals surface area contributed by atoms with Gasteiger partial charge in [-0.1, -0.05) is 6.58 Å². The Labute approximate surface area is 223 Å². The molecule has 0 radical (unpaired) electrons. The number of hydrogen-bond donors (Lipinski definition) is 2. The fourth-order valence-electron chi connectivity index (χ4n) is 3.93. The van der Waals surface area contributed by atoms with Crippen molar-refractivity contribution in [3.05, 3.63) is 61.6 Å². The molecule has 0 atom stereocenters. The van der Waals surface area contributed by atoms with Gasteiger partial charge in [0.15, 0.2) is 0 Å².